The van der Waals surface area contributed by atoms with Crippen LogP contribution in [0.2, 0.25) is 0 Å². The van der Waals surface area contributed by atoms with Crippen LogP contribution in [0.3, 0.4) is 0 Å². The highest BCUT2D eigenvalue weighted by Gasteiger charge is 2.43. The topological polar surface area (TPSA) is 116 Å². The predicted octanol–water partition coefficient (Wildman–Crippen LogP) is 2.11. The summed E-state index contributed by atoms with van der Waals surface area (Å²) in [6.45, 7) is 0. The molecule has 5 rings (SSSR count). The Morgan fingerprint density at radius 2 is 2.16 bits per heavy atom. The molecule has 0 amide bonds. The lowest BCUT2D eigenvalue weighted by molar-refractivity contribution is 0.176. The Morgan fingerprint density at radius 3 is 2.84 bits per heavy atom. The number of rotatable bonds is 4. The first-order valence-electron chi connectivity index (χ1n) is 10.3. The molecule has 32 heavy (non-hydrogen) atoms. The molecule has 2 N–H and O–H groups in total. The Bertz CT molecular complexity index is 1190. The molecule has 4 atom stereocenters. The van der Waals surface area contributed by atoms with Crippen molar-refractivity contribution in [1.82, 2.24) is 30.3 Å². The fourth-order valence-electron chi connectivity index (χ4n) is 4.49. The van der Waals surface area contributed by atoms with Gasteiger partial charge >= 0.3 is 0 Å². The summed E-state index contributed by atoms with van der Waals surface area (Å²) >= 11 is 0. The quantitative estimate of drug-likeness (QED) is 0.636. The molecule has 2 bridgehead atoms. The number of hydrogen-bond donors (Lipinski definition) is 2. The summed E-state index contributed by atoms with van der Waals surface area (Å²) in [4.78, 5) is 6.08. The Hall–Kier alpha value is -3.65. The van der Waals surface area contributed by atoms with Crippen molar-refractivity contribution in [2.75, 3.05) is 11.9 Å². The third-order valence-electron chi connectivity index (χ3n) is 6.22. The third-order valence-corrected chi connectivity index (χ3v) is 6.22. The number of phenolic OH excluding ortho intramolecular Hbond substituents is 1. The van der Waals surface area contributed by atoms with E-state index in [1.807, 2.05) is 0 Å². The number of piperidine rings is 1. The molecule has 0 radical (unpaired) electrons. The number of anilines is 1. The summed E-state index contributed by atoms with van der Waals surface area (Å²) < 4.78 is 29.6. The molecule has 4 heterocycles. The normalized spacial score (nSPS) is 24.3. The van der Waals surface area contributed by atoms with Crippen molar-refractivity contribution in [2.24, 2.45) is 0 Å². The zero-order chi connectivity index (χ0) is 22.4. The van der Waals surface area contributed by atoms with Gasteiger partial charge in [-0.3, -0.25) is 0 Å². The van der Waals surface area contributed by atoms with Gasteiger partial charge in [0, 0.05) is 25.2 Å². The van der Waals surface area contributed by atoms with Gasteiger partial charge in [-0.15, -0.1) is 10.2 Å². The third kappa shape index (κ3) is 3.42. The Kier molecular flexibility index (Phi) is 4.94. The predicted molar refractivity (Wildman–Crippen MR) is 110 cm³/mol. The summed E-state index contributed by atoms with van der Waals surface area (Å²) in [6.07, 6.45) is 4.09. The highest BCUT2D eigenvalue weighted by atomic mass is 19.1. The van der Waals surface area contributed by atoms with Crippen LogP contribution in [0, 0.1) is 17.1 Å². The number of nitriles is 1. The van der Waals surface area contributed by atoms with E-state index >= 15 is 0 Å². The molecule has 2 aromatic heterocycles. The van der Waals surface area contributed by atoms with E-state index in [-0.39, 0.29) is 29.4 Å². The average Bonchev–Trinajstić information content (AvgIpc) is 3.39. The van der Waals surface area contributed by atoms with E-state index in [2.05, 4.69) is 25.6 Å². The zero-order valence-electron chi connectivity index (χ0n) is 17.2. The van der Waals surface area contributed by atoms with Crippen LogP contribution in [0.5, 0.6) is 5.75 Å². The molecule has 11 heteroatoms. The number of alkyl halides is 1. The maximum Gasteiger partial charge on any atom is 0.198 e. The largest absolute Gasteiger partial charge is 0.507 e. The van der Waals surface area contributed by atoms with E-state index in [0.29, 0.717) is 29.5 Å². The van der Waals surface area contributed by atoms with E-state index < -0.39 is 12.0 Å². The van der Waals surface area contributed by atoms with Gasteiger partial charge < -0.3 is 15.3 Å². The molecular weight excluding hydrogens is 418 g/mol. The summed E-state index contributed by atoms with van der Waals surface area (Å²) in [6, 6.07) is 6.07. The maximum absolute atomic E-state index is 14.8. The van der Waals surface area contributed by atoms with Crippen molar-refractivity contribution in [3.63, 3.8) is 0 Å². The number of aromatic hydroxyl groups is 1. The minimum absolute atomic E-state index is 0.121. The van der Waals surface area contributed by atoms with Crippen molar-refractivity contribution in [3.05, 3.63) is 42.1 Å². The van der Waals surface area contributed by atoms with Gasteiger partial charge in [0.25, 0.3) is 0 Å². The van der Waals surface area contributed by atoms with Crippen LogP contribution in [-0.2, 0) is 0 Å². The lowest BCUT2D eigenvalue weighted by atomic mass is 9.96. The van der Waals surface area contributed by atoms with Crippen LogP contribution < -0.4 is 10.2 Å². The fourth-order valence-corrected chi connectivity index (χ4v) is 4.49. The van der Waals surface area contributed by atoms with E-state index in [1.165, 1.54) is 12.3 Å². The van der Waals surface area contributed by atoms with Gasteiger partial charge in [-0.25, -0.2) is 18.4 Å². The van der Waals surface area contributed by atoms with Crippen molar-refractivity contribution < 1.29 is 13.9 Å². The monoisotopic (exact) mass is 438 g/mol. The van der Waals surface area contributed by atoms with Crippen LogP contribution in [0.1, 0.15) is 25.0 Å². The summed E-state index contributed by atoms with van der Waals surface area (Å²) in [5.41, 5.74) is 0.357. The molecule has 9 nitrogen and oxygen atoms in total. The SMILES string of the molecule is CN(c1cnc(-c2ccc(-n3cc(F)c(C#N)n3)cc2O)nn1)[C@H]1C[C@@H]2CC[C@@H](N2)[C@H]1F. The fraction of sp³-hybridized carbons (Fsp3) is 0.381. The van der Waals surface area contributed by atoms with E-state index in [1.54, 1.807) is 30.1 Å². The van der Waals surface area contributed by atoms with Gasteiger partial charge in [-0.05, 0) is 31.4 Å². The van der Waals surface area contributed by atoms with Gasteiger partial charge in [0.05, 0.1) is 29.7 Å². The maximum atomic E-state index is 14.8. The lowest BCUT2D eigenvalue weighted by Gasteiger charge is -2.38. The van der Waals surface area contributed by atoms with Crippen molar-refractivity contribution in [3.8, 4) is 28.9 Å². The summed E-state index contributed by atoms with van der Waals surface area (Å²) in [5.74, 6) is -0.258. The summed E-state index contributed by atoms with van der Waals surface area (Å²) in [7, 11) is 1.79. The molecule has 0 saturated carbocycles. The van der Waals surface area contributed by atoms with E-state index in [9.17, 15) is 13.9 Å². The second-order valence-electron chi connectivity index (χ2n) is 8.13. The molecule has 164 valence electrons. The van der Waals surface area contributed by atoms with Gasteiger partial charge in [-0.2, -0.15) is 10.4 Å². The number of nitrogens with one attached hydrogen (secondary N) is 1. The average molecular weight is 438 g/mol. The Morgan fingerprint density at radius 1 is 1.31 bits per heavy atom. The van der Waals surface area contributed by atoms with Crippen molar-refractivity contribution >= 4 is 5.82 Å². The summed E-state index contributed by atoms with van der Waals surface area (Å²) in [5, 5.41) is 34.7. The van der Waals surface area contributed by atoms with E-state index in [0.717, 1.165) is 23.7 Å². The minimum atomic E-state index is -0.995. The second kappa shape index (κ2) is 7.80. The number of benzene rings is 1. The van der Waals surface area contributed by atoms with Gasteiger partial charge in [0.2, 0.25) is 0 Å². The molecule has 0 unspecified atom stereocenters. The van der Waals surface area contributed by atoms with Gasteiger partial charge in [0.1, 0.15) is 18.0 Å². The first kappa shape index (κ1) is 20.3. The lowest BCUT2D eigenvalue weighted by Crippen LogP contribution is -2.55. The highest BCUT2D eigenvalue weighted by Crippen LogP contribution is 2.33. The smallest absolute Gasteiger partial charge is 0.198 e. The highest BCUT2D eigenvalue weighted by molar-refractivity contribution is 5.66. The number of phenols is 1. The first-order chi connectivity index (χ1) is 15.4. The number of fused-ring (bicyclic) bond motifs is 2. The van der Waals surface area contributed by atoms with Crippen LogP contribution in [0.15, 0.2) is 30.6 Å². The number of halogens is 2. The second-order valence-corrected chi connectivity index (χ2v) is 8.13. The van der Waals surface area contributed by atoms with Crippen LogP contribution in [-0.4, -0.2) is 61.4 Å². The van der Waals surface area contributed by atoms with E-state index in [4.69, 9.17) is 5.26 Å². The molecule has 1 aromatic carbocycles. The standard InChI is InChI=1S/C21H20F2N8O/c1-30(17-6-11-2-5-15(26-11)20(17)23)19-9-25-21(28-27-19)13-4-3-12(7-18(13)32)31-10-14(22)16(8-24)29-31/h3-4,7,9-11,15,17,20,26,32H,2,5-6H2,1H3/t11-,15+,17-,20+/m0/s1. The molecule has 3 aromatic rings. The molecule has 0 aliphatic carbocycles. The molecule has 0 spiro atoms. The number of nitrogens with zero attached hydrogens (tertiary/aromatic N) is 7. The van der Waals surface area contributed by atoms with Gasteiger partial charge in [-0.1, -0.05) is 0 Å². The van der Waals surface area contributed by atoms with Crippen LogP contribution >= 0.6 is 0 Å². The molecule has 2 fully saturated rings. The van der Waals surface area contributed by atoms with Gasteiger partial charge in [0.15, 0.2) is 23.2 Å². The zero-order valence-corrected chi connectivity index (χ0v) is 17.2. The van der Waals surface area contributed by atoms with Crippen LogP contribution in [0.25, 0.3) is 17.1 Å². The first-order valence-corrected chi connectivity index (χ1v) is 10.3. The Balaban J connectivity index is 1.36. The molecule has 2 aliphatic heterocycles. The minimum Gasteiger partial charge on any atom is -0.507 e. The molecule has 2 aliphatic rings. The number of aromatic nitrogens is 5. The van der Waals surface area contributed by atoms with Crippen molar-refractivity contribution in [1.29, 1.82) is 5.26 Å². The number of hydrogen-bond acceptors (Lipinski definition) is 8. The van der Waals surface area contributed by atoms with Crippen molar-refractivity contribution in [2.45, 2.75) is 43.6 Å². The van der Waals surface area contributed by atoms with Crippen LogP contribution in [0.4, 0.5) is 14.6 Å². The Labute approximate surface area is 182 Å². The molecular formula is C21H20F2N8O. The molecule has 2 saturated heterocycles.